The van der Waals surface area contributed by atoms with Gasteiger partial charge >= 0.3 is 5.97 Å². The maximum atomic E-state index is 12.5. The zero-order chi connectivity index (χ0) is 53.6. The van der Waals surface area contributed by atoms with E-state index in [0.717, 1.165) is 51.4 Å². The van der Waals surface area contributed by atoms with Crippen molar-refractivity contribution in [3.05, 3.63) is 36.5 Å². The molecular weight excluding hydrogens is 911 g/mol. The van der Waals surface area contributed by atoms with Crippen LogP contribution in [0.4, 0.5) is 0 Å². The Morgan fingerprint density at radius 2 is 0.649 bits per heavy atom. The predicted octanol–water partition coefficient (Wildman–Crippen LogP) is 21.1. The van der Waals surface area contributed by atoms with Crippen LogP contribution in [-0.4, -0.2) is 47.4 Å². The van der Waals surface area contributed by atoms with Gasteiger partial charge in [-0.05, 0) is 77.0 Å². The number of ether oxygens (including phenoxy) is 1. The van der Waals surface area contributed by atoms with Crippen LogP contribution >= 0.6 is 0 Å². The molecule has 0 heterocycles. The molecule has 0 rings (SSSR count). The Bertz CT molecular complexity index is 1200. The van der Waals surface area contributed by atoms with Crippen LogP contribution in [0.3, 0.4) is 0 Å². The quantitative estimate of drug-likeness (QED) is 0.0320. The molecule has 6 heteroatoms. The van der Waals surface area contributed by atoms with E-state index in [-0.39, 0.29) is 18.5 Å². The molecule has 0 fully saturated rings. The van der Waals surface area contributed by atoms with Crippen molar-refractivity contribution in [3.8, 4) is 0 Å². The summed E-state index contributed by atoms with van der Waals surface area (Å²) in [4.78, 5) is 24.5. The van der Waals surface area contributed by atoms with Crippen molar-refractivity contribution < 1.29 is 24.5 Å². The molecule has 0 bridgehead atoms. The molecule has 1 amide bonds. The van der Waals surface area contributed by atoms with E-state index in [4.69, 9.17) is 4.74 Å². The van der Waals surface area contributed by atoms with Crippen LogP contribution in [-0.2, 0) is 14.3 Å². The average Bonchev–Trinajstić information content (AvgIpc) is 3.40. The van der Waals surface area contributed by atoms with Gasteiger partial charge in [-0.2, -0.15) is 0 Å². The largest absolute Gasteiger partial charge is 0.466 e. The lowest BCUT2D eigenvalue weighted by Gasteiger charge is -2.20. The van der Waals surface area contributed by atoms with Crippen LogP contribution in [0, 0.1) is 0 Å². The third kappa shape index (κ3) is 59.3. The van der Waals surface area contributed by atoms with Gasteiger partial charge in [-0.3, -0.25) is 9.59 Å². The van der Waals surface area contributed by atoms with E-state index in [1.165, 1.54) is 283 Å². The molecule has 0 aliphatic carbocycles. The number of aliphatic hydroxyl groups is 2. The summed E-state index contributed by atoms with van der Waals surface area (Å²) in [7, 11) is 0. The Morgan fingerprint density at radius 1 is 0.365 bits per heavy atom. The summed E-state index contributed by atoms with van der Waals surface area (Å²) in [6, 6.07) is -0.635. The van der Waals surface area contributed by atoms with Crippen LogP contribution in [0.15, 0.2) is 36.5 Å². The number of aliphatic hydroxyl groups excluding tert-OH is 2. The summed E-state index contributed by atoms with van der Waals surface area (Å²) in [5.41, 5.74) is 0. The first-order valence-corrected chi connectivity index (χ1v) is 33.3. The van der Waals surface area contributed by atoms with Crippen LogP contribution in [0.2, 0.25) is 0 Å². The van der Waals surface area contributed by atoms with Crippen molar-refractivity contribution in [3.63, 3.8) is 0 Å². The van der Waals surface area contributed by atoms with Crippen molar-refractivity contribution >= 4 is 11.9 Å². The van der Waals surface area contributed by atoms with E-state index >= 15 is 0 Å². The zero-order valence-electron chi connectivity index (χ0n) is 49.8. The molecule has 0 saturated carbocycles. The van der Waals surface area contributed by atoms with Crippen LogP contribution in [0.1, 0.15) is 361 Å². The number of esters is 1. The molecular formula is C68H129NO5. The summed E-state index contributed by atoms with van der Waals surface area (Å²) in [6.07, 6.45) is 80.6. The Labute approximate surface area is 462 Å². The number of nitrogens with one attached hydrogen (secondary N) is 1. The number of allylic oxidation sites excluding steroid dienone is 5. The molecule has 2 unspecified atom stereocenters. The number of carbonyl (C=O) groups is 2. The minimum Gasteiger partial charge on any atom is -0.466 e. The first kappa shape index (κ1) is 72.1. The third-order valence-corrected chi connectivity index (χ3v) is 15.4. The minimum absolute atomic E-state index is 0.00322. The second-order valence-corrected chi connectivity index (χ2v) is 22.8. The van der Waals surface area contributed by atoms with E-state index in [2.05, 4.69) is 43.5 Å². The fourth-order valence-corrected chi connectivity index (χ4v) is 10.3. The maximum Gasteiger partial charge on any atom is 0.305 e. The van der Waals surface area contributed by atoms with E-state index in [1.54, 1.807) is 6.08 Å². The number of hydrogen-bond acceptors (Lipinski definition) is 5. The molecule has 0 aliphatic heterocycles. The van der Waals surface area contributed by atoms with Crippen molar-refractivity contribution in [1.29, 1.82) is 0 Å². The smallest absolute Gasteiger partial charge is 0.305 e. The summed E-state index contributed by atoms with van der Waals surface area (Å²) in [5.74, 6) is -0.0757. The molecule has 0 aromatic heterocycles. The fraction of sp³-hybridized carbons (Fsp3) is 0.882. The molecule has 436 valence electrons. The molecule has 0 spiro atoms. The van der Waals surface area contributed by atoms with Gasteiger partial charge in [0.25, 0.3) is 0 Å². The molecule has 0 saturated heterocycles. The highest BCUT2D eigenvalue weighted by Gasteiger charge is 2.18. The highest BCUT2D eigenvalue weighted by molar-refractivity contribution is 5.76. The van der Waals surface area contributed by atoms with E-state index in [9.17, 15) is 19.8 Å². The number of amides is 1. The first-order chi connectivity index (χ1) is 36.5. The van der Waals surface area contributed by atoms with Crippen molar-refractivity contribution in [2.75, 3.05) is 13.2 Å². The van der Waals surface area contributed by atoms with Crippen LogP contribution in [0.25, 0.3) is 0 Å². The number of hydrogen-bond donors (Lipinski definition) is 3. The van der Waals surface area contributed by atoms with Gasteiger partial charge in [0.15, 0.2) is 0 Å². The van der Waals surface area contributed by atoms with Gasteiger partial charge < -0.3 is 20.3 Å². The van der Waals surface area contributed by atoms with Crippen molar-refractivity contribution in [1.82, 2.24) is 5.32 Å². The molecule has 2 atom stereocenters. The highest BCUT2D eigenvalue weighted by atomic mass is 16.5. The Morgan fingerprint density at radius 3 is 1.00 bits per heavy atom. The Balaban J connectivity index is 3.46. The standard InChI is InChI=1S/C68H129NO5/c1-3-5-7-9-11-13-15-16-17-18-19-20-21-22-23-25-28-31-34-37-41-44-48-52-56-60-66(71)65(64-70)69-67(72)61-57-53-49-45-42-38-35-32-29-26-24-27-30-33-36-39-43-47-51-55-59-63-74-68(73)62-58-54-50-46-40-14-12-10-8-6-4-2/h10,12,26,29,56,60,65-66,70-71H,3-9,11,13-25,27-28,30-55,57-59,61-64H2,1-2H3,(H,69,72)/b12-10-,29-26-,60-56+. The van der Waals surface area contributed by atoms with Gasteiger partial charge in [0.2, 0.25) is 5.91 Å². The average molecular weight is 1040 g/mol. The van der Waals surface area contributed by atoms with Crippen molar-refractivity contribution in [2.45, 2.75) is 373 Å². The van der Waals surface area contributed by atoms with E-state index in [0.29, 0.717) is 19.4 Å². The zero-order valence-corrected chi connectivity index (χ0v) is 49.8. The Hall–Kier alpha value is -1.92. The van der Waals surface area contributed by atoms with Gasteiger partial charge in [-0.25, -0.2) is 0 Å². The molecule has 0 aromatic carbocycles. The lowest BCUT2D eigenvalue weighted by Crippen LogP contribution is -2.45. The summed E-state index contributed by atoms with van der Waals surface area (Å²) in [5, 5.41) is 23.3. The van der Waals surface area contributed by atoms with Gasteiger partial charge in [0.05, 0.1) is 25.4 Å². The number of unbranched alkanes of at least 4 members (excludes halogenated alkanes) is 47. The maximum absolute atomic E-state index is 12.5. The van der Waals surface area contributed by atoms with E-state index < -0.39 is 12.1 Å². The highest BCUT2D eigenvalue weighted by Crippen LogP contribution is 2.18. The summed E-state index contributed by atoms with van der Waals surface area (Å²) < 4.78 is 5.46. The summed E-state index contributed by atoms with van der Waals surface area (Å²) >= 11 is 0. The fourth-order valence-electron chi connectivity index (χ4n) is 10.3. The number of rotatable bonds is 62. The molecule has 6 nitrogen and oxygen atoms in total. The lowest BCUT2D eigenvalue weighted by atomic mass is 10.0. The molecule has 0 radical (unpaired) electrons. The van der Waals surface area contributed by atoms with Gasteiger partial charge in [-0.15, -0.1) is 0 Å². The first-order valence-electron chi connectivity index (χ1n) is 33.3. The van der Waals surface area contributed by atoms with Gasteiger partial charge in [0.1, 0.15) is 0 Å². The minimum atomic E-state index is -0.851. The topological polar surface area (TPSA) is 95.9 Å². The second kappa shape index (κ2) is 63.6. The van der Waals surface area contributed by atoms with Gasteiger partial charge in [-0.1, -0.05) is 307 Å². The Kier molecular flexibility index (Phi) is 62.0. The second-order valence-electron chi connectivity index (χ2n) is 22.8. The monoisotopic (exact) mass is 1040 g/mol. The number of carbonyl (C=O) groups excluding carboxylic acids is 2. The van der Waals surface area contributed by atoms with Crippen LogP contribution < -0.4 is 5.32 Å². The van der Waals surface area contributed by atoms with Gasteiger partial charge in [0, 0.05) is 12.8 Å². The molecule has 74 heavy (non-hydrogen) atoms. The lowest BCUT2D eigenvalue weighted by molar-refractivity contribution is -0.143. The molecule has 3 N–H and O–H groups in total. The SMILES string of the molecule is CCCC/C=C\CCCCCCCC(=O)OCCCCCCCCCCCC/C=C\CCCCCCCCCC(=O)NC(CO)C(O)/C=C/CCCCCCCCCCCCCCCCCCCCCCCCC. The van der Waals surface area contributed by atoms with E-state index in [1.807, 2.05) is 6.08 Å². The third-order valence-electron chi connectivity index (χ3n) is 15.4. The molecule has 0 aromatic rings. The predicted molar refractivity (Wildman–Crippen MR) is 324 cm³/mol. The van der Waals surface area contributed by atoms with Crippen molar-refractivity contribution in [2.24, 2.45) is 0 Å². The van der Waals surface area contributed by atoms with Crippen LogP contribution in [0.5, 0.6) is 0 Å². The summed E-state index contributed by atoms with van der Waals surface area (Å²) in [6.45, 7) is 4.88. The normalized spacial score (nSPS) is 12.8. The molecule has 0 aliphatic rings.